The third kappa shape index (κ3) is 2.96. The third-order valence-corrected chi connectivity index (χ3v) is 7.91. The second-order valence-corrected chi connectivity index (χ2v) is 9.75. The van der Waals surface area contributed by atoms with Crippen LogP contribution < -0.4 is 10.2 Å². The van der Waals surface area contributed by atoms with Crippen LogP contribution in [0, 0.1) is 23.7 Å². The van der Waals surface area contributed by atoms with E-state index in [2.05, 4.69) is 45.3 Å². The van der Waals surface area contributed by atoms with E-state index in [0.717, 1.165) is 34.5 Å². The van der Waals surface area contributed by atoms with Gasteiger partial charge < -0.3 is 4.74 Å². The van der Waals surface area contributed by atoms with Crippen molar-refractivity contribution in [3.8, 4) is 17.0 Å². The van der Waals surface area contributed by atoms with Gasteiger partial charge >= 0.3 is 0 Å². The average molecular weight is 384 g/mol. The third-order valence-electron chi connectivity index (χ3n) is 7.03. The average Bonchev–Trinajstić information content (AvgIpc) is 3.18. The van der Waals surface area contributed by atoms with Crippen LogP contribution in [-0.4, -0.2) is 17.3 Å². The van der Waals surface area contributed by atoms with E-state index in [9.17, 15) is 0 Å². The first-order chi connectivity index (χ1) is 12.8. The largest absolute Gasteiger partial charge is 0.494 e. The summed E-state index contributed by atoms with van der Waals surface area (Å²) in [4.78, 5) is 5.99. The summed E-state index contributed by atoms with van der Waals surface area (Å²) in [7, 11) is 0. The molecule has 0 aliphatic heterocycles. The maximum Gasteiger partial charge on any atom is 0.204 e. The Morgan fingerprint density at radius 1 is 1.26 bits per heavy atom. The molecule has 2 saturated carbocycles. The molecule has 0 amide bonds. The Balaban J connectivity index is 1.53. The SMILES string of the molecule is CCOc1ccc(-c2nc(N/N=C3\C[C@@H]4CC[C@]3(C)C4(C)C)sc2C)cc1. The Bertz CT molecular complexity index is 868. The Labute approximate surface area is 166 Å². The van der Waals surface area contributed by atoms with E-state index in [-0.39, 0.29) is 5.41 Å². The van der Waals surface area contributed by atoms with Crippen molar-refractivity contribution in [1.29, 1.82) is 0 Å². The number of aromatic nitrogens is 1. The minimum atomic E-state index is 0.217. The summed E-state index contributed by atoms with van der Waals surface area (Å²) in [5.74, 6) is 1.66. The van der Waals surface area contributed by atoms with Gasteiger partial charge in [0, 0.05) is 21.6 Å². The second kappa shape index (κ2) is 6.62. The number of ether oxygens (including phenoxy) is 1. The highest BCUT2D eigenvalue weighted by Gasteiger charge is 2.59. The summed E-state index contributed by atoms with van der Waals surface area (Å²) in [6, 6.07) is 8.15. The maximum absolute atomic E-state index is 5.53. The topological polar surface area (TPSA) is 46.5 Å². The molecule has 1 aromatic carbocycles. The number of anilines is 1. The molecule has 4 nitrogen and oxygen atoms in total. The number of fused-ring (bicyclic) bond motifs is 2. The van der Waals surface area contributed by atoms with Crippen molar-refractivity contribution in [2.45, 2.75) is 53.9 Å². The molecule has 0 radical (unpaired) electrons. The number of hydrogen-bond donors (Lipinski definition) is 1. The summed E-state index contributed by atoms with van der Waals surface area (Å²) in [6.45, 7) is 12.0. The molecule has 0 unspecified atom stereocenters. The summed E-state index contributed by atoms with van der Waals surface area (Å²) in [5, 5.41) is 5.69. The predicted molar refractivity (Wildman–Crippen MR) is 114 cm³/mol. The van der Waals surface area contributed by atoms with Gasteiger partial charge in [-0.25, -0.2) is 4.98 Å². The molecule has 2 aromatic rings. The summed E-state index contributed by atoms with van der Waals surface area (Å²) >= 11 is 1.67. The Hall–Kier alpha value is -1.88. The van der Waals surface area contributed by atoms with Crippen LogP contribution in [0.25, 0.3) is 11.3 Å². The fourth-order valence-corrected chi connectivity index (χ4v) is 5.58. The van der Waals surface area contributed by atoms with Crippen LogP contribution in [0.2, 0.25) is 0 Å². The van der Waals surface area contributed by atoms with E-state index < -0.39 is 0 Å². The summed E-state index contributed by atoms with van der Waals surface area (Å²) < 4.78 is 5.53. The highest BCUT2D eigenvalue weighted by atomic mass is 32.1. The second-order valence-electron chi connectivity index (χ2n) is 8.55. The number of hydrazone groups is 1. The highest BCUT2D eigenvalue weighted by Crippen LogP contribution is 2.63. The van der Waals surface area contributed by atoms with E-state index in [1.165, 1.54) is 23.4 Å². The number of benzene rings is 1. The summed E-state index contributed by atoms with van der Waals surface area (Å²) in [5.41, 5.74) is 7.28. The van der Waals surface area contributed by atoms with Crippen molar-refractivity contribution in [3.05, 3.63) is 29.1 Å². The minimum absolute atomic E-state index is 0.217. The lowest BCUT2D eigenvalue weighted by Crippen LogP contribution is -2.32. The van der Waals surface area contributed by atoms with Crippen molar-refractivity contribution in [1.82, 2.24) is 4.98 Å². The van der Waals surface area contributed by atoms with Crippen LogP contribution in [0.4, 0.5) is 5.13 Å². The molecule has 144 valence electrons. The minimum Gasteiger partial charge on any atom is -0.494 e. The molecular weight excluding hydrogens is 354 g/mol. The lowest BCUT2D eigenvalue weighted by Gasteiger charge is -2.34. The first-order valence-corrected chi connectivity index (χ1v) is 10.7. The van der Waals surface area contributed by atoms with Gasteiger partial charge in [0.15, 0.2) is 0 Å². The molecule has 2 aliphatic carbocycles. The zero-order valence-electron chi connectivity index (χ0n) is 16.9. The molecule has 4 rings (SSSR count). The fraction of sp³-hybridized carbons (Fsp3) is 0.545. The van der Waals surface area contributed by atoms with Gasteiger partial charge in [0.1, 0.15) is 5.75 Å². The highest BCUT2D eigenvalue weighted by molar-refractivity contribution is 7.16. The Morgan fingerprint density at radius 3 is 2.59 bits per heavy atom. The molecule has 1 heterocycles. The fourth-order valence-electron chi connectivity index (χ4n) is 4.80. The smallest absolute Gasteiger partial charge is 0.204 e. The number of rotatable bonds is 5. The first-order valence-electron chi connectivity index (χ1n) is 9.89. The monoisotopic (exact) mass is 383 g/mol. The number of nitrogens with one attached hydrogen (secondary N) is 1. The predicted octanol–water partition coefficient (Wildman–Crippen LogP) is 6.13. The Morgan fingerprint density at radius 2 is 2.00 bits per heavy atom. The van der Waals surface area contributed by atoms with Crippen molar-refractivity contribution < 1.29 is 4.74 Å². The van der Waals surface area contributed by atoms with Crippen molar-refractivity contribution >= 4 is 22.2 Å². The van der Waals surface area contributed by atoms with Gasteiger partial charge in [-0.15, -0.1) is 11.3 Å². The first kappa shape index (κ1) is 18.5. The zero-order chi connectivity index (χ0) is 19.2. The van der Waals surface area contributed by atoms with E-state index in [1.807, 2.05) is 19.1 Å². The van der Waals surface area contributed by atoms with E-state index >= 15 is 0 Å². The van der Waals surface area contributed by atoms with Crippen molar-refractivity contribution in [3.63, 3.8) is 0 Å². The molecule has 1 aromatic heterocycles. The summed E-state index contributed by atoms with van der Waals surface area (Å²) in [6.07, 6.45) is 3.70. The number of aryl methyl sites for hydroxylation is 1. The lowest BCUT2D eigenvalue weighted by atomic mass is 9.70. The van der Waals surface area contributed by atoms with Crippen molar-refractivity contribution in [2.75, 3.05) is 12.0 Å². The maximum atomic E-state index is 5.53. The zero-order valence-corrected chi connectivity index (χ0v) is 17.7. The number of thiazole rings is 1. The van der Waals surface area contributed by atoms with Crippen LogP contribution in [0.5, 0.6) is 5.75 Å². The Kier molecular flexibility index (Phi) is 4.53. The lowest BCUT2D eigenvalue weighted by molar-refractivity contribution is 0.194. The molecule has 2 atom stereocenters. The molecule has 1 N–H and O–H groups in total. The van der Waals surface area contributed by atoms with E-state index in [0.29, 0.717) is 12.0 Å². The van der Waals surface area contributed by atoms with Gasteiger partial charge in [0.25, 0.3) is 0 Å². The molecule has 0 spiro atoms. The molecule has 5 heteroatoms. The van der Waals surface area contributed by atoms with Gasteiger partial charge in [-0.3, -0.25) is 5.43 Å². The van der Waals surface area contributed by atoms with Crippen LogP contribution in [-0.2, 0) is 0 Å². The molecule has 2 fully saturated rings. The molecule has 0 saturated heterocycles. The van der Waals surface area contributed by atoms with Gasteiger partial charge in [-0.2, -0.15) is 5.10 Å². The van der Waals surface area contributed by atoms with Gasteiger partial charge in [-0.05, 0) is 68.7 Å². The quantitative estimate of drug-likeness (QED) is 0.632. The standard InChI is InChI=1S/C22H29N3OS/c1-6-26-17-9-7-15(8-10-17)19-14(2)27-20(23-19)25-24-18-13-16-11-12-22(18,5)21(16,3)4/h7-10,16H,6,11-13H2,1-5H3,(H,23,25)/b24-18+/t16-,22-/m0/s1. The van der Waals surface area contributed by atoms with Gasteiger partial charge in [0.2, 0.25) is 5.13 Å². The molecule has 2 aliphatic rings. The number of hydrogen-bond acceptors (Lipinski definition) is 5. The molecule has 2 bridgehead atoms. The van der Waals surface area contributed by atoms with E-state index in [4.69, 9.17) is 14.8 Å². The van der Waals surface area contributed by atoms with Gasteiger partial charge in [0.05, 0.1) is 12.3 Å². The van der Waals surface area contributed by atoms with Crippen LogP contribution >= 0.6 is 11.3 Å². The van der Waals surface area contributed by atoms with Crippen LogP contribution in [0.3, 0.4) is 0 Å². The van der Waals surface area contributed by atoms with Crippen LogP contribution in [0.1, 0.15) is 51.8 Å². The molecular formula is C22H29N3OS. The molecule has 27 heavy (non-hydrogen) atoms. The normalized spacial score (nSPS) is 27.3. The number of nitrogens with zero attached hydrogens (tertiary/aromatic N) is 2. The van der Waals surface area contributed by atoms with Crippen LogP contribution in [0.15, 0.2) is 29.4 Å². The van der Waals surface area contributed by atoms with Gasteiger partial charge in [-0.1, -0.05) is 20.8 Å². The van der Waals surface area contributed by atoms with Crippen molar-refractivity contribution in [2.24, 2.45) is 21.8 Å². The van der Waals surface area contributed by atoms with E-state index in [1.54, 1.807) is 11.3 Å².